The first-order valence-electron chi connectivity index (χ1n) is 9.61. The van der Waals surface area contributed by atoms with Crippen molar-refractivity contribution in [1.29, 1.82) is 0 Å². The minimum Gasteiger partial charge on any atom is -0.344 e. The summed E-state index contributed by atoms with van der Waals surface area (Å²) in [5.41, 5.74) is 10.9. The number of fused-ring (bicyclic) bond motifs is 1. The monoisotopic (exact) mass is 360 g/mol. The molecule has 0 saturated heterocycles. The minimum absolute atomic E-state index is 0.174. The van der Waals surface area contributed by atoms with Crippen LogP contribution < -0.4 is 10.3 Å². The Labute approximate surface area is 162 Å². The first kappa shape index (κ1) is 17.7. The van der Waals surface area contributed by atoms with E-state index in [1.54, 1.807) is 0 Å². The number of anilines is 1. The predicted molar refractivity (Wildman–Crippen MR) is 112 cm³/mol. The summed E-state index contributed by atoms with van der Waals surface area (Å²) < 4.78 is 0. The predicted octanol–water partition coefficient (Wildman–Crippen LogP) is 4.60. The van der Waals surface area contributed by atoms with Gasteiger partial charge in [0.25, 0.3) is 0 Å². The standard InChI is InChI=1S/C23H28N4/c1-16-12-18(10-11-24-16)21-13-25-27-17(2)14-26(15-22(21)27)20-8-6-19(7-9-20)23(3,4)5/h6-13,15,17,25H,14H2,1-5H3/t17-/m0/s1. The van der Waals surface area contributed by atoms with Crippen LogP contribution >= 0.6 is 0 Å². The van der Waals surface area contributed by atoms with Gasteiger partial charge in [0.05, 0.1) is 11.7 Å². The Morgan fingerprint density at radius 3 is 2.52 bits per heavy atom. The van der Waals surface area contributed by atoms with Crippen molar-refractivity contribution in [3.8, 4) is 0 Å². The fraction of sp³-hybridized carbons (Fsp3) is 0.348. The Hall–Kier alpha value is -2.75. The van der Waals surface area contributed by atoms with Crippen molar-refractivity contribution in [2.45, 2.75) is 46.1 Å². The van der Waals surface area contributed by atoms with Crippen LogP contribution in [0.5, 0.6) is 0 Å². The van der Waals surface area contributed by atoms with E-state index in [0.717, 1.165) is 12.2 Å². The highest BCUT2D eigenvalue weighted by Crippen LogP contribution is 2.35. The lowest BCUT2D eigenvalue weighted by Gasteiger charge is -2.38. The molecule has 0 fully saturated rings. The third-order valence-electron chi connectivity index (χ3n) is 5.34. The first-order valence-corrected chi connectivity index (χ1v) is 9.61. The van der Waals surface area contributed by atoms with E-state index in [1.807, 2.05) is 13.1 Å². The lowest BCUT2D eigenvalue weighted by molar-refractivity contribution is 0.232. The van der Waals surface area contributed by atoms with Gasteiger partial charge in [0, 0.05) is 42.1 Å². The molecule has 1 N–H and O–H groups in total. The Bertz CT molecular complexity index is 903. The average molecular weight is 361 g/mol. The molecule has 0 radical (unpaired) electrons. The van der Waals surface area contributed by atoms with E-state index in [4.69, 9.17) is 0 Å². The molecule has 0 saturated carbocycles. The molecule has 1 aromatic carbocycles. The number of rotatable bonds is 2. The SMILES string of the molecule is Cc1cc(C2=CNN3C2=CN(c2ccc(C(C)(C)C)cc2)C[C@@H]3C)ccn1. The van der Waals surface area contributed by atoms with Crippen molar-refractivity contribution in [2.24, 2.45) is 0 Å². The zero-order valence-corrected chi connectivity index (χ0v) is 16.8. The van der Waals surface area contributed by atoms with Crippen molar-refractivity contribution in [3.63, 3.8) is 0 Å². The molecular formula is C23H28N4. The number of benzene rings is 1. The number of nitrogens with one attached hydrogen (secondary N) is 1. The maximum Gasteiger partial charge on any atom is 0.0831 e. The van der Waals surface area contributed by atoms with Gasteiger partial charge in [-0.25, -0.2) is 0 Å². The van der Waals surface area contributed by atoms with Crippen LogP contribution in [0.15, 0.2) is 60.7 Å². The highest BCUT2D eigenvalue weighted by atomic mass is 15.6. The molecule has 4 rings (SSSR count). The molecule has 4 nitrogen and oxygen atoms in total. The van der Waals surface area contributed by atoms with Gasteiger partial charge in [-0.15, -0.1) is 0 Å². The second-order valence-electron chi connectivity index (χ2n) is 8.56. The molecule has 0 unspecified atom stereocenters. The van der Waals surface area contributed by atoms with Crippen molar-refractivity contribution in [2.75, 3.05) is 11.4 Å². The van der Waals surface area contributed by atoms with Gasteiger partial charge >= 0.3 is 0 Å². The molecule has 4 heteroatoms. The Balaban J connectivity index is 1.67. The fourth-order valence-electron chi connectivity index (χ4n) is 3.75. The number of aryl methyl sites for hydroxylation is 1. The molecule has 27 heavy (non-hydrogen) atoms. The molecule has 0 amide bonds. The van der Waals surface area contributed by atoms with E-state index in [0.29, 0.717) is 6.04 Å². The summed E-state index contributed by atoms with van der Waals surface area (Å²) in [6, 6.07) is 13.6. The smallest absolute Gasteiger partial charge is 0.0831 e. The highest BCUT2D eigenvalue weighted by Gasteiger charge is 2.31. The van der Waals surface area contributed by atoms with Crippen LogP contribution in [0.3, 0.4) is 0 Å². The van der Waals surface area contributed by atoms with E-state index >= 15 is 0 Å². The molecule has 0 spiro atoms. The van der Waals surface area contributed by atoms with Crippen LogP contribution in [0, 0.1) is 6.92 Å². The maximum atomic E-state index is 4.33. The van der Waals surface area contributed by atoms with E-state index < -0.39 is 0 Å². The molecular weight excluding hydrogens is 332 g/mol. The Morgan fingerprint density at radius 2 is 1.85 bits per heavy atom. The number of hydrogen-bond acceptors (Lipinski definition) is 4. The van der Waals surface area contributed by atoms with Crippen LogP contribution in [0.1, 0.15) is 44.5 Å². The summed E-state index contributed by atoms with van der Waals surface area (Å²) in [5, 5.41) is 2.26. The lowest BCUT2D eigenvalue weighted by Crippen LogP contribution is -2.47. The maximum absolute atomic E-state index is 4.33. The summed E-state index contributed by atoms with van der Waals surface area (Å²) in [5.74, 6) is 0. The number of pyridine rings is 1. The highest BCUT2D eigenvalue weighted by molar-refractivity contribution is 5.81. The van der Waals surface area contributed by atoms with Gasteiger partial charge in [-0.2, -0.15) is 0 Å². The second-order valence-corrected chi connectivity index (χ2v) is 8.56. The molecule has 140 valence electrons. The largest absolute Gasteiger partial charge is 0.344 e. The number of aromatic nitrogens is 1. The van der Waals surface area contributed by atoms with Gasteiger partial charge in [-0.05, 0) is 54.7 Å². The van der Waals surface area contributed by atoms with Crippen molar-refractivity contribution < 1.29 is 0 Å². The topological polar surface area (TPSA) is 31.4 Å². The van der Waals surface area contributed by atoms with E-state index in [9.17, 15) is 0 Å². The molecule has 1 aromatic heterocycles. The summed E-state index contributed by atoms with van der Waals surface area (Å²) in [6.07, 6.45) is 6.24. The molecule has 0 aliphatic carbocycles. The van der Waals surface area contributed by atoms with Crippen molar-refractivity contribution in [3.05, 3.63) is 77.5 Å². The van der Waals surface area contributed by atoms with Crippen LogP contribution in [0.2, 0.25) is 0 Å². The summed E-state index contributed by atoms with van der Waals surface area (Å²) >= 11 is 0. The molecule has 0 bridgehead atoms. The zero-order chi connectivity index (χ0) is 19.2. The molecule has 2 aromatic rings. The fourth-order valence-corrected chi connectivity index (χ4v) is 3.75. The molecule has 1 atom stereocenters. The Morgan fingerprint density at radius 1 is 1.11 bits per heavy atom. The van der Waals surface area contributed by atoms with Gasteiger partial charge in [-0.3, -0.25) is 9.99 Å². The van der Waals surface area contributed by atoms with E-state index in [2.05, 4.69) is 96.8 Å². The second kappa shape index (κ2) is 6.45. The number of hydrazine groups is 1. The van der Waals surface area contributed by atoms with Crippen LogP contribution in [0.25, 0.3) is 5.57 Å². The van der Waals surface area contributed by atoms with Crippen LogP contribution in [0.4, 0.5) is 5.69 Å². The quantitative estimate of drug-likeness (QED) is 0.848. The third-order valence-corrected chi connectivity index (χ3v) is 5.34. The van der Waals surface area contributed by atoms with Crippen LogP contribution in [-0.4, -0.2) is 22.6 Å². The summed E-state index contributed by atoms with van der Waals surface area (Å²) in [6.45, 7) is 12.0. The minimum atomic E-state index is 0.174. The molecule has 3 heterocycles. The van der Waals surface area contributed by atoms with E-state index in [-0.39, 0.29) is 5.41 Å². The number of hydrogen-bond donors (Lipinski definition) is 1. The third kappa shape index (κ3) is 3.32. The van der Waals surface area contributed by atoms with Gasteiger partial charge in [0.2, 0.25) is 0 Å². The lowest BCUT2D eigenvalue weighted by atomic mass is 9.87. The first-order chi connectivity index (χ1) is 12.8. The number of nitrogens with zero attached hydrogens (tertiary/aromatic N) is 3. The summed E-state index contributed by atoms with van der Waals surface area (Å²) in [7, 11) is 0. The summed E-state index contributed by atoms with van der Waals surface area (Å²) in [4.78, 5) is 6.69. The van der Waals surface area contributed by atoms with Crippen molar-refractivity contribution in [1.82, 2.24) is 15.4 Å². The van der Waals surface area contributed by atoms with Gasteiger partial charge < -0.3 is 10.3 Å². The Kier molecular flexibility index (Phi) is 4.22. The van der Waals surface area contributed by atoms with Gasteiger partial charge in [0.15, 0.2) is 0 Å². The van der Waals surface area contributed by atoms with E-state index in [1.165, 1.54) is 28.1 Å². The zero-order valence-electron chi connectivity index (χ0n) is 16.8. The number of allylic oxidation sites excluding steroid dienone is 1. The van der Waals surface area contributed by atoms with Crippen LogP contribution in [-0.2, 0) is 5.41 Å². The molecule has 2 aliphatic heterocycles. The van der Waals surface area contributed by atoms with Crippen molar-refractivity contribution >= 4 is 11.3 Å². The average Bonchev–Trinajstić information content (AvgIpc) is 3.06. The van der Waals surface area contributed by atoms with Gasteiger partial charge in [-0.1, -0.05) is 32.9 Å². The normalized spacial score (nSPS) is 19.4. The van der Waals surface area contributed by atoms with Gasteiger partial charge in [0.1, 0.15) is 0 Å². The molecule has 2 aliphatic rings.